The molecule has 0 radical (unpaired) electrons. The van der Waals surface area contributed by atoms with Crippen molar-refractivity contribution in [3.8, 4) is 0 Å². The van der Waals surface area contributed by atoms with Gasteiger partial charge < -0.3 is 10.2 Å². The number of hydrogen-bond acceptors (Lipinski definition) is 3. The molecule has 0 spiro atoms. The molecule has 0 aliphatic heterocycles. The maximum atomic E-state index is 12.5. The maximum absolute atomic E-state index is 12.5. The summed E-state index contributed by atoms with van der Waals surface area (Å²) in [5.41, 5.74) is 1.92. The summed E-state index contributed by atoms with van der Waals surface area (Å²) in [6.07, 6.45) is 0. The number of carbonyl (C=O) groups excluding carboxylic acids is 1. The zero-order valence-corrected chi connectivity index (χ0v) is 16.0. The van der Waals surface area contributed by atoms with Crippen molar-refractivity contribution in [2.75, 3.05) is 20.6 Å². The predicted molar refractivity (Wildman–Crippen MR) is 105 cm³/mol. The lowest BCUT2D eigenvalue weighted by Gasteiger charge is -2.24. The van der Waals surface area contributed by atoms with E-state index < -0.39 is 0 Å². The van der Waals surface area contributed by atoms with Crippen LogP contribution in [0.2, 0.25) is 0 Å². The monoisotopic (exact) mass is 402 g/mol. The Morgan fingerprint density at radius 3 is 2.62 bits per heavy atom. The third kappa shape index (κ3) is 3.53. The van der Waals surface area contributed by atoms with Gasteiger partial charge in [0.15, 0.2) is 0 Å². The molecule has 0 aliphatic carbocycles. The maximum Gasteiger partial charge on any atom is 0.252 e. The van der Waals surface area contributed by atoms with E-state index in [2.05, 4.69) is 55.8 Å². The number of thiophene rings is 1. The van der Waals surface area contributed by atoms with Crippen molar-refractivity contribution in [3.05, 3.63) is 69.5 Å². The number of carbonyl (C=O) groups is 1. The van der Waals surface area contributed by atoms with Crippen LogP contribution in [0.4, 0.5) is 0 Å². The number of benzene rings is 2. The summed E-state index contributed by atoms with van der Waals surface area (Å²) in [7, 11) is 4.09. The summed E-state index contributed by atoms with van der Waals surface area (Å²) in [4.78, 5) is 14.6. The fourth-order valence-corrected chi connectivity index (χ4v) is 4.23. The van der Waals surface area contributed by atoms with Gasteiger partial charge in [0.1, 0.15) is 0 Å². The van der Waals surface area contributed by atoms with Crippen molar-refractivity contribution >= 4 is 43.3 Å². The molecule has 3 rings (SSSR count). The SMILES string of the molecule is CN(C)C(CNC(=O)c1ccccc1Br)c1csc2ccccc12. The number of rotatable bonds is 5. The molecule has 3 nitrogen and oxygen atoms in total. The fourth-order valence-electron chi connectivity index (χ4n) is 2.76. The van der Waals surface area contributed by atoms with E-state index >= 15 is 0 Å². The molecule has 1 amide bonds. The molecule has 1 atom stereocenters. The molecule has 1 unspecified atom stereocenters. The quantitative estimate of drug-likeness (QED) is 0.670. The van der Waals surface area contributed by atoms with Crippen LogP contribution in [0.1, 0.15) is 22.0 Å². The highest BCUT2D eigenvalue weighted by atomic mass is 79.9. The number of hydrogen-bond donors (Lipinski definition) is 1. The molecule has 24 heavy (non-hydrogen) atoms. The van der Waals surface area contributed by atoms with Gasteiger partial charge in [-0.15, -0.1) is 11.3 Å². The van der Waals surface area contributed by atoms with Gasteiger partial charge in [0.25, 0.3) is 5.91 Å². The van der Waals surface area contributed by atoms with Crippen LogP contribution in [0.25, 0.3) is 10.1 Å². The highest BCUT2D eigenvalue weighted by Crippen LogP contribution is 2.32. The second-order valence-corrected chi connectivity index (χ2v) is 7.62. The van der Waals surface area contributed by atoms with E-state index in [1.54, 1.807) is 11.3 Å². The first-order chi connectivity index (χ1) is 11.6. The molecule has 0 bridgehead atoms. The number of fused-ring (bicyclic) bond motifs is 1. The lowest BCUT2D eigenvalue weighted by Crippen LogP contribution is -2.34. The van der Waals surface area contributed by atoms with Gasteiger partial charge in [-0.1, -0.05) is 30.3 Å². The predicted octanol–water partition coefficient (Wildman–Crippen LogP) is 4.70. The highest BCUT2D eigenvalue weighted by molar-refractivity contribution is 9.10. The Labute approximate surface area is 154 Å². The topological polar surface area (TPSA) is 32.3 Å². The van der Waals surface area contributed by atoms with Gasteiger partial charge in [0, 0.05) is 15.7 Å². The number of nitrogens with zero attached hydrogens (tertiary/aromatic N) is 1. The van der Waals surface area contributed by atoms with Crippen LogP contribution in [-0.4, -0.2) is 31.4 Å². The highest BCUT2D eigenvalue weighted by Gasteiger charge is 2.19. The molecule has 0 saturated heterocycles. The lowest BCUT2D eigenvalue weighted by molar-refractivity contribution is 0.0941. The van der Waals surface area contributed by atoms with Crippen molar-refractivity contribution in [3.63, 3.8) is 0 Å². The van der Waals surface area contributed by atoms with Gasteiger partial charge >= 0.3 is 0 Å². The average molecular weight is 403 g/mol. The van der Waals surface area contributed by atoms with Crippen molar-refractivity contribution < 1.29 is 4.79 Å². The normalized spacial score (nSPS) is 12.5. The minimum atomic E-state index is -0.0612. The van der Waals surface area contributed by atoms with Crippen LogP contribution >= 0.6 is 27.3 Å². The number of nitrogens with one attached hydrogen (secondary N) is 1. The van der Waals surface area contributed by atoms with Gasteiger partial charge in [-0.2, -0.15) is 0 Å². The molecule has 1 aromatic heterocycles. The average Bonchev–Trinajstić information content (AvgIpc) is 2.99. The second kappa shape index (κ2) is 7.47. The molecule has 0 aliphatic rings. The zero-order valence-electron chi connectivity index (χ0n) is 13.6. The Bertz CT molecular complexity index is 859. The van der Waals surface area contributed by atoms with Crippen LogP contribution in [0.15, 0.2) is 58.4 Å². The summed E-state index contributed by atoms with van der Waals surface area (Å²) >= 11 is 5.18. The van der Waals surface area contributed by atoms with Gasteiger partial charge in [0.2, 0.25) is 0 Å². The largest absolute Gasteiger partial charge is 0.350 e. The summed E-state index contributed by atoms with van der Waals surface area (Å²) in [5.74, 6) is -0.0612. The first kappa shape index (κ1) is 17.1. The summed E-state index contributed by atoms with van der Waals surface area (Å²) in [5, 5.41) is 6.52. The van der Waals surface area contributed by atoms with Crippen LogP contribution < -0.4 is 5.32 Å². The Kier molecular flexibility index (Phi) is 5.33. The summed E-state index contributed by atoms with van der Waals surface area (Å²) in [6.45, 7) is 0.563. The minimum Gasteiger partial charge on any atom is -0.350 e. The molecular weight excluding hydrogens is 384 g/mol. The van der Waals surface area contributed by atoms with E-state index in [1.807, 2.05) is 38.4 Å². The van der Waals surface area contributed by atoms with Crippen molar-refractivity contribution in [1.29, 1.82) is 0 Å². The Morgan fingerprint density at radius 2 is 1.88 bits per heavy atom. The molecular formula is C19H19BrN2OS. The molecule has 1 heterocycles. The van der Waals surface area contributed by atoms with E-state index in [-0.39, 0.29) is 11.9 Å². The van der Waals surface area contributed by atoms with Gasteiger partial charge in [0.05, 0.1) is 11.6 Å². The molecule has 0 saturated carbocycles. The third-order valence-corrected chi connectivity index (χ3v) is 5.74. The van der Waals surface area contributed by atoms with Gasteiger partial charge in [-0.25, -0.2) is 0 Å². The second-order valence-electron chi connectivity index (χ2n) is 5.86. The van der Waals surface area contributed by atoms with E-state index in [1.165, 1.54) is 15.6 Å². The number of halogens is 1. The first-order valence-electron chi connectivity index (χ1n) is 7.73. The van der Waals surface area contributed by atoms with Crippen molar-refractivity contribution in [2.24, 2.45) is 0 Å². The number of amides is 1. The zero-order chi connectivity index (χ0) is 17.1. The van der Waals surface area contributed by atoms with Crippen LogP contribution in [0.3, 0.4) is 0 Å². The Hall–Kier alpha value is -1.69. The van der Waals surface area contributed by atoms with E-state index in [0.29, 0.717) is 12.1 Å². The van der Waals surface area contributed by atoms with E-state index in [4.69, 9.17) is 0 Å². The Morgan fingerprint density at radius 1 is 1.17 bits per heavy atom. The van der Waals surface area contributed by atoms with E-state index in [9.17, 15) is 4.79 Å². The molecule has 3 aromatic rings. The molecule has 1 N–H and O–H groups in total. The minimum absolute atomic E-state index is 0.0612. The smallest absolute Gasteiger partial charge is 0.252 e. The fraction of sp³-hybridized carbons (Fsp3) is 0.211. The third-order valence-electron chi connectivity index (χ3n) is 4.07. The standard InChI is InChI=1S/C19H19BrN2OS/c1-22(2)17(15-12-24-18-10-6-4-7-13(15)18)11-21-19(23)14-8-3-5-9-16(14)20/h3-10,12,17H,11H2,1-2H3,(H,21,23). The molecule has 2 aromatic carbocycles. The summed E-state index contributed by atoms with van der Waals surface area (Å²) < 4.78 is 2.08. The van der Waals surface area contributed by atoms with Crippen LogP contribution in [0.5, 0.6) is 0 Å². The van der Waals surface area contributed by atoms with Crippen LogP contribution in [0, 0.1) is 0 Å². The molecule has 0 fully saturated rings. The van der Waals surface area contributed by atoms with Gasteiger partial charge in [-0.05, 0) is 64.6 Å². The van der Waals surface area contributed by atoms with Crippen molar-refractivity contribution in [1.82, 2.24) is 10.2 Å². The van der Waals surface area contributed by atoms with Gasteiger partial charge in [-0.3, -0.25) is 4.79 Å². The van der Waals surface area contributed by atoms with E-state index in [0.717, 1.165) is 4.47 Å². The first-order valence-corrected chi connectivity index (χ1v) is 9.40. The van der Waals surface area contributed by atoms with Crippen molar-refractivity contribution in [2.45, 2.75) is 6.04 Å². The number of likely N-dealkylation sites (N-methyl/N-ethyl adjacent to an activating group) is 1. The Balaban J connectivity index is 1.80. The summed E-state index contributed by atoms with van der Waals surface area (Å²) in [6, 6.07) is 16.0. The molecule has 5 heteroatoms. The van der Waals surface area contributed by atoms with Crippen LogP contribution in [-0.2, 0) is 0 Å². The lowest BCUT2D eigenvalue weighted by atomic mass is 10.0. The molecule has 124 valence electrons.